The first-order chi connectivity index (χ1) is 19.2. The van der Waals surface area contributed by atoms with Gasteiger partial charge in [-0.3, -0.25) is 4.79 Å². The van der Waals surface area contributed by atoms with Gasteiger partial charge in [0.25, 0.3) is 0 Å². The molecule has 1 heterocycles. The lowest BCUT2D eigenvalue weighted by Gasteiger charge is -2.35. The molecule has 0 spiro atoms. The Morgan fingerprint density at radius 1 is 0.950 bits per heavy atom. The SMILES string of the molecule is CC1(C(=O)O)C=C(Sc2cc(Cl)cc(Cl)c2)C=C(C(=O)O)C1Cc1ccccc1.c1ccc(-n2cccn2)cc1. The van der Waals surface area contributed by atoms with Crippen molar-refractivity contribution in [3.05, 3.63) is 136 Å². The van der Waals surface area contributed by atoms with Crippen LogP contribution in [0, 0.1) is 11.3 Å². The number of halogens is 2. The Morgan fingerprint density at radius 3 is 2.12 bits per heavy atom. The summed E-state index contributed by atoms with van der Waals surface area (Å²) in [6.07, 6.45) is 7.16. The lowest BCUT2D eigenvalue weighted by Crippen LogP contribution is -2.40. The number of rotatable bonds is 7. The summed E-state index contributed by atoms with van der Waals surface area (Å²) in [5, 5.41) is 24.8. The van der Waals surface area contributed by atoms with E-state index in [1.165, 1.54) is 11.8 Å². The lowest BCUT2D eigenvalue weighted by molar-refractivity contribution is -0.147. The predicted octanol–water partition coefficient (Wildman–Crippen LogP) is 7.82. The summed E-state index contributed by atoms with van der Waals surface area (Å²) in [7, 11) is 0. The summed E-state index contributed by atoms with van der Waals surface area (Å²) in [5.41, 5.74) is 0.654. The summed E-state index contributed by atoms with van der Waals surface area (Å²) < 4.78 is 1.83. The molecule has 1 aromatic heterocycles. The third-order valence-corrected chi connectivity index (χ3v) is 7.81. The zero-order valence-electron chi connectivity index (χ0n) is 21.4. The number of carbonyl (C=O) groups is 2. The van der Waals surface area contributed by atoms with Crippen molar-refractivity contribution in [1.82, 2.24) is 9.78 Å². The second kappa shape index (κ2) is 13.0. The first kappa shape index (κ1) is 29.2. The van der Waals surface area contributed by atoms with Gasteiger partial charge in [-0.15, -0.1) is 0 Å². The third-order valence-electron chi connectivity index (χ3n) is 6.43. The zero-order valence-corrected chi connectivity index (χ0v) is 23.8. The molecule has 5 rings (SSSR count). The summed E-state index contributed by atoms with van der Waals surface area (Å²) in [6.45, 7) is 1.56. The first-order valence-corrected chi connectivity index (χ1v) is 13.9. The van der Waals surface area contributed by atoms with Crippen LogP contribution in [-0.2, 0) is 16.0 Å². The summed E-state index contributed by atoms with van der Waals surface area (Å²) >= 11 is 13.3. The highest BCUT2D eigenvalue weighted by Gasteiger charge is 2.46. The monoisotopic (exact) mass is 592 g/mol. The van der Waals surface area contributed by atoms with Crippen LogP contribution < -0.4 is 0 Å². The minimum absolute atomic E-state index is 0.0666. The number of benzene rings is 3. The Morgan fingerprint density at radius 2 is 1.57 bits per heavy atom. The van der Waals surface area contributed by atoms with Crippen LogP contribution in [0.25, 0.3) is 5.69 Å². The van der Waals surface area contributed by atoms with Crippen LogP contribution in [0.1, 0.15) is 12.5 Å². The van der Waals surface area contributed by atoms with E-state index >= 15 is 0 Å². The Bertz CT molecular complexity index is 1520. The van der Waals surface area contributed by atoms with Gasteiger partial charge in [0.15, 0.2) is 0 Å². The van der Waals surface area contributed by atoms with Crippen LogP contribution in [0.4, 0.5) is 0 Å². The summed E-state index contributed by atoms with van der Waals surface area (Å²) in [5.74, 6) is -2.92. The molecule has 0 radical (unpaired) electrons. The van der Waals surface area contributed by atoms with Crippen LogP contribution in [-0.4, -0.2) is 31.9 Å². The molecule has 0 fully saturated rings. The van der Waals surface area contributed by atoms with Crippen LogP contribution in [0.3, 0.4) is 0 Å². The third kappa shape index (κ3) is 7.24. The second-order valence-corrected chi connectivity index (χ2v) is 11.3. The fourth-order valence-electron chi connectivity index (χ4n) is 4.39. The zero-order chi connectivity index (χ0) is 28.7. The lowest BCUT2D eigenvalue weighted by atomic mass is 9.68. The van der Waals surface area contributed by atoms with Gasteiger partial charge in [-0.05, 0) is 61.4 Å². The number of aromatic nitrogens is 2. The molecule has 2 N–H and O–H groups in total. The molecule has 6 nitrogen and oxygen atoms in total. The van der Waals surface area contributed by atoms with Crippen molar-refractivity contribution in [2.45, 2.75) is 18.2 Å². The molecule has 1 aliphatic carbocycles. The van der Waals surface area contributed by atoms with Crippen molar-refractivity contribution < 1.29 is 19.8 Å². The highest BCUT2D eigenvalue weighted by atomic mass is 35.5. The van der Waals surface area contributed by atoms with E-state index in [1.54, 1.807) is 43.5 Å². The van der Waals surface area contributed by atoms with E-state index in [4.69, 9.17) is 23.2 Å². The normalized spacial score (nSPS) is 18.1. The van der Waals surface area contributed by atoms with Gasteiger partial charge < -0.3 is 10.2 Å². The molecule has 40 heavy (non-hydrogen) atoms. The number of aliphatic carboxylic acids is 2. The Balaban J connectivity index is 0.000000278. The van der Waals surface area contributed by atoms with Gasteiger partial charge in [0.05, 0.1) is 11.1 Å². The van der Waals surface area contributed by atoms with E-state index < -0.39 is 23.3 Å². The van der Waals surface area contributed by atoms with Crippen molar-refractivity contribution in [3.63, 3.8) is 0 Å². The standard InChI is InChI=1S/C22H18Cl2O4S.C9H8N2/c1-22(21(27)28)12-17(29-16-9-14(23)8-15(24)10-16)11-18(20(25)26)19(22)7-13-5-3-2-4-6-13;1-2-5-9(6-3-1)11-8-4-7-10-11/h2-6,8-12,19H,7H2,1H3,(H,25,26)(H,27,28);1-8H. The van der Waals surface area contributed by atoms with E-state index in [-0.39, 0.29) is 5.57 Å². The largest absolute Gasteiger partial charge is 0.481 e. The van der Waals surface area contributed by atoms with Crippen LogP contribution in [0.15, 0.2) is 125 Å². The molecule has 2 atom stereocenters. The second-order valence-electron chi connectivity index (χ2n) is 9.28. The maximum absolute atomic E-state index is 12.2. The van der Waals surface area contributed by atoms with E-state index in [2.05, 4.69) is 5.10 Å². The van der Waals surface area contributed by atoms with Crippen LogP contribution in [0.2, 0.25) is 10.0 Å². The minimum Gasteiger partial charge on any atom is -0.481 e. The molecular weight excluding hydrogens is 567 g/mol. The Labute approximate surface area is 246 Å². The molecule has 0 aliphatic heterocycles. The molecule has 204 valence electrons. The van der Waals surface area contributed by atoms with Gasteiger partial charge in [0.2, 0.25) is 0 Å². The molecule has 0 bridgehead atoms. The fourth-order valence-corrected chi connectivity index (χ4v) is 6.18. The van der Waals surface area contributed by atoms with E-state index in [9.17, 15) is 19.8 Å². The molecule has 3 aromatic carbocycles. The highest BCUT2D eigenvalue weighted by Crippen LogP contribution is 2.46. The summed E-state index contributed by atoms with van der Waals surface area (Å²) in [4.78, 5) is 25.5. The van der Waals surface area contributed by atoms with Gasteiger partial charge in [-0.25, -0.2) is 9.48 Å². The predicted molar refractivity (Wildman–Crippen MR) is 159 cm³/mol. The molecular formula is C31H26Cl2N2O4S. The van der Waals surface area contributed by atoms with E-state index in [0.29, 0.717) is 26.3 Å². The number of thioether (sulfide) groups is 1. The van der Waals surface area contributed by atoms with Crippen LogP contribution in [0.5, 0.6) is 0 Å². The summed E-state index contributed by atoms with van der Waals surface area (Å²) in [6, 6.07) is 26.2. The Hall–Kier alpha value is -3.78. The number of carboxylic acids is 2. The molecule has 9 heteroatoms. The maximum Gasteiger partial charge on any atom is 0.331 e. The van der Waals surface area contributed by atoms with Gasteiger partial charge in [0.1, 0.15) is 0 Å². The van der Waals surface area contributed by atoms with Gasteiger partial charge >= 0.3 is 11.9 Å². The van der Waals surface area contributed by atoms with E-state index in [0.717, 1.165) is 11.3 Å². The first-order valence-electron chi connectivity index (χ1n) is 12.3. The van der Waals surface area contributed by atoms with Crippen molar-refractivity contribution in [2.24, 2.45) is 11.3 Å². The minimum atomic E-state index is -1.39. The van der Waals surface area contributed by atoms with E-state index in [1.807, 2.05) is 77.6 Å². The quantitative estimate of drug-likeness (QED) is 0.227. The molecule has 2 unspecified atom stereocenters. The fraction of sp³-hybridized carbons (Fsp3) is 0.129. The number of allylic oxidation sites excluding steroid dienone is 1. The molecule has 1 aliphatic rings. The molecule has 0 saturated carbocycles. The number of hydrogen-bond donors (Lipinski definition) is 2. The van der Waals surface area contributed by atoms with Crippen molar-refractivity contribution in [3.8, 4) is 5.69 Å². The van der Waals surface area contributed by atoms with Gasteiger partial charge in [-0.2, -0.15) is 5.10 Å². The van der Waals surface area contributed by atoms with Crippen molar-refractivity contribution in [2.75, 3.05) is 0 Å². The van der Waals surface area contributed by atoms with Crippen molar-refractivity contribution in [1.29, 1.82) is 0 Å². The van der Waals surface area contributed by atoms with Crippen LogP contribution >= 0.6 is 35.0 Å². The smallest absolute Gasteiger partial charge is 0.331 e. The number of hydrogen-bond acceptors (Lipinski definition) is 4. The number of carboxylic acid groups (broad SMARTS) is 2. The van der Waals surface area contributed by atoms with Gasteiger partial charge in [-0.1, -0.05) is 89.6 Å². The number of para-hydroxylation sites is 1. The number of nitrogens with zero attached hydrogens (tertiary/aromatic N) is 2. The topological polar surface area (TPSA) is 92.4 Å². The maximum atomic E-state index is 12.2. The molecule has 0 amide bonds. The van der Waals surface area contributed by atoms with Gasteiger partial charge in [0, 0.05) is 43.7 Å². The molecule has 4 aromatic rings. The average molecular weight is 594 g/mol. The molecule has 0 saturated heterocycles. The van der Waals surface area contributed by atoms with Crippen molar-refractivity contribution >= 4 is 46.9 Å². The highest BCUT2D eigenvalue weighted by molar-refractivity contribution is 8.03. The average Bonchev–Trinajstić information content (AvgIpc) is 3.46. The Kier molecular flexibility index (Phi) is 9.53.